The number of benzene rings is 1. The van der Waals surface area contributed by atoms with Gasteiger partial charge in [-0.1, -0.05) is 30.3 Å². The summed E-state index contributed by atoms with van der Waals surface area (Å²) in [6.07, 6.45) is 0. The first kappa shape index (κ1) is 11.2. The maximum Gasteiger partial charge on any atom is 0.165 e. The van der Waals surface area contributed by atoms with Crippen molar-refractivity contribution in [1.29, 1.82) is 0 Å². The molecule has 0 saturated heterocycles. The molecule has 0 aliphatic heterocycles. The third-order valence-electron chi connectivity index (χ3n) is 2.03. The van der Waals surface area contributed by atoms with E-state index in [2.05, 4.69) is 5.32 Å². The largest absolute Gasteiger partial charge is 0.382 e. The van der Waals surface area contributed by atoms with Crippen LogP contribution in [-0.2, 0) is 11.3 Å². The van der Waals surface area contributed by atoms with Gasteiger partial charge in [-0.2, -0.15) is 0 Å². The molecule has 1 rings (SSSR count). The Balaban J connectivity index is 2.29. The highest BCUT2D eigenvalue weighted by atomic mass is 16.5. The average Bonchev–Trinajstić information content (AvgIpc) is 2.19. The zero-order valence-electron chi connectivity index (χ0n) is 8.66. The quantitative estimate of drug-likeness (QED) is 0.498. The van der Waals surface area contributed by atoms with Gasteiger partial charge < -0.3 is 9.84 Å². The number of hydrogen-bond acceptors (Lipinski definition) is 3. The fourth-order valence-corrected chi connectivity index (χ4v) is 1.01. The summed E-state index contributed by atoms with van der Waals surface area (Å²) >= 11 is 0. The number of hydrogen-bond donors (Lipinski definition) is 2. The molecule has 0 spiro atoms. The predicted octanol–water partition coefficient (Wildman–Crippen LogP) is -0.298. The van der Waals surface area contributed by atoms with Crippen molar-refractivity contribution in [1.82, 2.24) is 5.32 Å². The first-order chi connectivity index (χ1) is 6.64. The van der Waals surface area contributed by atoms with Crippen LogP contribution in [0, 0.1) is 0 Å². The summed E-state index contributed by atoms with van der Waals surface area (Å²) in [5, 5.41) is 12.3. The van der Waals surface area contributed by atoms with Gasteiger partial charge in [-0.05, 0) is 12.6 Å². The summed E-state index contributed by atoms with van der Waals surface area (Å²) in [6, 6.07) is 9.89. The van der Waals surface area contributed by atoms with Gasteiger partial charge in [0.1, 0.15) is 0 Å². The molecule has 0 amide bonds. The molecule has 0 fully saturated rings. The molecule has 3 nitrogen and oxygen atoms in total. The van der Waals surface area contributed by atoms with Crippen LogP contribution in [0.1, 0.15) is 5.56 Å². The van der Waals surface area contributed by atoms with Crippen LogP contribution >= 0.6 is 0 Å². The lowest BCUT2D eigenvalue weighted by Gasteiger charge is -2.22. The first-order valence-corrected chi connectivity index (χ1v) is 4.67. The van der Waals surface area contributed by atoms with Crippen LogP contribution in [0.3, 0.4) is 0 Å². The highest BCUT2D eigenvalue weighted by Gasteiger charge is 2.16. The molecule has 0 bridgehead atoms. The van der Waals surface area contributed by atoms with Gasteiger partial charge in [0.05, 0.1) is 18.8 Å². The standard InChI is InChI=1S/C10H16BNO2/c1-12-10(11,13)8-14-7-9-5-3-2-4-6-9/h2-6,12-13H,7-8,11H2,1H3. The van der Waals surface area contributed by atoms with E-state index in [-0.39, 0.29) is 6.61 Å². The van der Waals surface area contributed by atoms with Crippen molar-refractivity contribution in [2.45, 2.75) is 12.2 Å². The van der Waals surface area contributed by atoms with Gasteiger partial charge in [-0.25, -0.2) is 0 Å². The second-order valence-electron chi connectivity index (χ2n) is 3.50. The van der Waals surface area contributed by atoms with Crippen LogP contribution in [0.15, 0.2) is 30.3 Å². The van der Waals surface area contributed by atoms with Gasteiger partial charge in [0, 0.05) is 0 Å². The lowest BCUT2D eigenvalue weighted by molar-refractivity contribution is -0.0131. The fraction of sp³-hybridized carbons (Fsp3) is 0.400. The molecule has 76 valence electrons. The van der Waals surface area contributed by atoms with E-state index >= 15 is 0 Å². The lowest BCUT2D eigenvalue weighted by Crippen LogP contribution is -2.47. The summed E-state index contributed by atoms with van der Waals surface area (Å²) in [7, 11) is 3.38. The van der Waals surface area contributed by atoms with Crippen molar-refractivity contribution >= 4 is 7.85 Å². The third kappa shape index (κ3) is 3.92. The molecule has 1 aromatic rings. The maximum absolute atomic E-state index is 9.57. The fourth-order valence-electron chi connectivity index (χ4n) is 1.01. The molecule has 1 atom stereocenters. The Labute approximate surface area is 85.5 Å². The highest BCUT2D eigenvalue weighted by Crippen LogP contribution is 2.02. The SMILES string of the molecule is BC(O)(COCc1ccccc1)NC. The van der Waals surface area contributed by atoms with Crippen LogP contribution < -0.4 is 5.32 Å². The van der Waals surface area contributed by atoms with E-state index in [0.717, 1.165) is 5.56 Å². The highest BCUT2D eigenvalue weighted by molar-refractivity contribution is 6.14. The van der Waals surface area contributed by atoms with Crippen molar-refractivity contribution in [2.75, 3.05) is 13.7 Å². The summed E-state index contributed by atoms with van der Waals surface area (Å²) in [5.74, 6) is 0. The summed E-state index contributed by atoms with van der Waals surface area (Å²) in [6.45, 7) is 0.803. The second kappa shape index (κ2) is 5.15. The van der Waals surface area contributed by atoms with E-state index in [9.17, 15) is 5.11 Å². The van der Waals surface area contributed by atoms with Crippen LogP contribution in [0.2, 0.25) is 0 Å². The molecular weight excluding hydrogens is 177 g/mol. The van der Waals surface area contributed by atoms with E-state index in [0.29, 0.717) is 6.61 Å². The van der Waals surface area contributed by atoms with Crippen LogP contribution in [0.4, 0.5) is 0 Å². The molecule has 0 heterocycles. The molecule has 4 heteroatoms. The Kier molecular flexibility index (Phi) is 4.13. The van der Waals surface area contributed by atoms with Gasteiger partial charge in [0.25, 0.3) is 0 Å². The Bertz CT molecular complexity index is 264. The molecule has 0 saturated carbocycles. The predicted molar refractivity (Wildman–Crippen MR) is 58.7 cm³/mol. The normalized spacial score (nSPS) is 15.0. The molecule has 0 aliphatic rings. The van der Waals surface area contributed by atoms with Crippen molar-refractivity contribution in [2.24, 2.45) is 0 Å². The minimum Gasteiger partial charge on any atom is -0.382 e. The van der Waals surface area contributed by atoms with E-state index < -0.39 is 5.62 Å². The smallest absolute Gasteiger partial charge is 0.165 e. The zero-order chi connectivity index (χ0) is 10.4. The topological polar surface area (TPSA) is 41.5 Å². The van der Waals surface area contributed by atoms with Crippen molar-refractivity contribution in [3.05, 3.63) is 35.9 Å². The monoisotopic (exact) mass is 193 g/mol. The van der Waals surface area contributed by atoms with Crippen molar-refractivity contribution in [3.63, 3.8) is 0 Å². The average molecular weight is 193 g/mol. The summed E-state index contributed by atoms with van der Waals surface area (Å²) < 4.78 is 5.36. The molecular formula is C10H16BNO2. The number of aliphatic hydroxyl groups is 1. The minimum atomic E-state index is -0.950. The van der Waals surface area contributed by atoms with Crippen LogP contribution in [0.25, 0.3) is 0 Å². The number of nitrogens with one attached hydrogen (secondary N) is 1. The van der Waals surface area contributed by atoms with E-state index in [1.807, 2.05) is 30.3 Å². The Morgan fingerprint density at radius 1 is 1.43 bits per heavy atom. The molecule has 14 heavy (non-hydrogen) atoms. The second-order valence-corrected chi connectivity index (χ2v) is 3.50. The van der Waals surface area contributed by atoms with E-state index in [1.54, 1.807) is 14.9 Å². The van der Waals surface area contributed by atoms with Gasteiger partial charge in [0.15, 0.2) is 7.85 Å². The number of ether oxygens (including phenoxy) is 1. The Morgan fingerprint density at radius 3 is 2.64 bits per heavy atom. The molecule has 0 aliphatic carbocycles. The number of rotatable bonds is 5. The molecule has 2 N–H and O–H groups in total. The van der Waals surface area contributed by atoms with E-state index in [1.165, 1.54) is 0 Å². The Hall–Kier alpha value is -0.835. The van der Waals surface area contributed by atoms with Gasteiger partial charge in [0.2, 0.25) is 0 Å². The molecule has 0 radical (unpaired) electrons. The molecule has 1 aromatic carbocycles. The van der Waals surface area contributed by atoms with Gasteiger partial charge in [-0.15, -0.1) is 0 Å². The van der Waals surface area contributed by atoms with Gasteiger partial charge >= 0.3 is 0 Å². The van der Waals surface area contributed by atoms with Crippen molar-refractivity contribution < 1.29 is 9.84 Å². The van der Waals surface area contributed by atoms with Crippen molar-refractivity contribution in [3.8, 4) is 0 Å². The lowest BCUT2D eigenvalue weighted by atomic mass is 9.92. The summed E-state index contributed by atoms with van der Waals surface area (Å²) in [4.78, 5) is 0. The van der Waals surface area contributed by atoms with Gasteiger partial charge in [-0.3, -0.25) is 5.32 Å². The zero-order valence-corrected chi connectivity index (χ0v) is 8.66. The number of likely N-dealkylation sites (N-methyl/N-ethyl adjacent to an activating group) is 1. The Morgan fingerprint density at radius 2 is 2.07 bits per heavy atom. The summed E-state index contributed by atoms with van der Waals surface area (Å²) in [5.41, 5.74) is 0.161. The van der Waals surface area contributed by atoms with Crippen LogP contribution in [0.5, 0.6) is 0 Å². The molecule has 0 aromatic heterocycles. The third-order valence-corrected chi connectivity index (χ3v) is 2.03. The first-order valence-electron chi connectivity index (χ1n) is 4.67. The van der Waals surface area contributed by atoms with Crippen LogP contribution in [-0.4, -0.2) is 32.2 Å². The molecule has 1 unspecified atom stereocenters. The minimum absolute atomic E-state index is 0.276. The van der Waals surface area contributed by atoms with E-state index in [4.69, 9.17) is 4.74 Å². The maximum atomic E-state index is 9.57.